The lowest BCUT2D eigenvalue weighted by atomic mass is 9.78. The zero-order valence-electron chi connectivity index (χ0n) is 19.5. The van der Waals surface area contributed by atoms with Gasteiger partial charge in [-0.05, 0) is 43.4 Å². The number of hydrogen-bond donors (Lipinski definition) is 2. The van der Waals surface area contributed by atoms with Crippen molar-refractivity contribution in [2.45, 2.75) is 59.3 Å². The van der Waals surface area contributed by atoms with Crippen LogP contribution in [0.15, 0.2) is 48.5 Å². The van der Waals surface area contributed by atoms with E-state index in [0.29, 0.717) is 11.8 Å². The summed E-state index contributed by atoms with van der Waals surface area (Å²) in [6.45, 7) is 6.77. The molecule has 2 aromatic heterocycles. The number of rotatable bonds is 4. The number of aromatic nitrogens is 3. The maximum Gasteiger partial charge on any atom is 0.335 e. The normalized spacial score (nSPS) is 15.1. The molecule has 1 aliphatic rings. The summed E-state index contributed by atoms with van der Waals surface area (Å²) in [4.78, 5) is 24.7. The van der Waals surface area contributed by atoms with Gasteiger partial charge in [0.1, 0.15) is 10.8 Å². The molecule has 0 saturated heterocycles. The van der Waals surface area contributed by atoms with E-state index in [9.17, 15) is 4.79 Å². The van der Waals surface area contributed by atoms with Gasteiger partial charge in [0.15, 0.2) is 0 Å². The van der Waals surface area contributed by atoms with Crippen LogP contribution in [0.3, 0.4) is 0 Å². The fourth-order valence-corrected chi connectivity index (χ4v) is 5.31. The van der Waals surface area contributed by atoms with Crippen molar-refractivity contribution in [1.29, 1.82) is 0 Å². The minimum Gasteiger partial charge on any atom is -0.478 e. The molecular formula is C27H31N3O2S. The number of carbonyl (C=O) groups is 1. The molecule has 0 amide bonds. The van der Waals surface area contributed by atoms with Crippen LogP contribution in [0, 0.1) is 12.3 Å². The molecule has 0 unspecified atom stereocenters. The van der Waals surface area contributed by atoms with Gasteiger partial charge >= 0.3 is 5.97 Å². The first kappa shape index (κ1) is 23.2. The lowest BCUT2D eigenvalue weighted by molar-refractivity contribution is 0.0697. The van der Waals surface area contributed by atoms with Crippen LogP contribution in [-0.2, 0) is 6.42 Å². The zero-order valence-corrected chi connectivity index (χ0v) is 20.3. The van der Waals surface area contributed by atoms with E-state index in [1.54, 1.807) is 29.5 Å². The van der Waals surface area contributed by atoms with E-state index in [4.69, 9.17) is 5.11 Å². The molecular weight excluding hydrogens is 430 g/mol. The summed E-state index contributed by atoms with van der Waals surface area (Å²) < 4.78 is 0. The Hall–Kier alpha value is -2.99. The second-order valence-electron chi connectivity index (χ2n) is 9.52. The SMILES string of the molecule is CC1(C)CCCCC1.Cc1nc(-c2ccccc2)sc1Cc1nc2ccc(C(=O)O)cc2[nH]1. The summed E-state index contributed by atoms with van der Waals surface area (Å²) in [6, 6.07) is 15.0. The number of carboxylic acid groups (broad SMARTS) is 1. The van der Waals surface area contributed by atoms with E-state index in [1.165, 1.54) is 32.1 Å². The van der Waals surface area contributed by atoms with Crippen LogP contribution in [0.2, 0.25) is 0 Å². The Morgan fingerprint density at radius 1 is 1.06 bits per heavy atom. The maximum absolute atomic E-state index is 11.1. The number of imidazole rings is 1. The molecule has 5 nitrogen and oxygen atoms in total. The number of H-pyrrole nitrogens is 1. The summed E-state index contributed by atoms with van der Waals surface area (Å²) in [7, 11) is 0. The number of nitrogens with one attached hydrogen (secondary N) is 1. The minimum atomic E-state index is -0.941. The molecule has 1 aliphatic carbocycles. The Morgan fingerprint density at radius 3 is 2.42 bits per heavy atom. The standard InChI is InChI=1S/C19H15N3O2S.C8H16/c1-11-16(25-18(20-11)12-5-3-2-4-6-12)10-17-21-14-8-7-13(19(23)24)9-15(14)22-17;1-8(2)6-4-3-5-7-8/h2-9H,10H2,1H3,(H,21,22)(H,23,24);3-7H2,1-2H3. The second-order valence-corrected chi connectivity index (χ2v) is 10.6. The number of nitrogens with zero attached hydrogens (tertiary/aromatic N) is 2. The van der Waals surface area contributed by atoms with Crippen LogP contribution in [-0.4, -0.2) is 26.0 Å². The molecule has 0 aliphatic heterocycles. The van der Waals surface area contributed by atoms with Crippen LogP contribution >= 0.6 is 11.3 Å². The van der Waals surface area contributed by atoms with Crippen molar-refractivity contribution in [1.82, 2.24) is 15.0 Å². The number of carboxylic acids is 1. The highest BCUT2D eigenvalue weighted by atomic mass is 32.1. The first-order valence-corrected chi connectivity index (χ1v) is 12.4. The fourth-order valence-electron chi connectivity index (χ4n) is 4.24. The lowest BCUT2D eigenvalue weighted by Gasteiger charge is -2.28. The van der Waals surface area contributed by atoms with Gasteiger partial charge in [0.25, 0.3) is 0 Å². The van der Waals surface area contributed by atoms with Gasteiger partial charge in [0, 0.05) is 16.9 Å². The third kappa shape index (κ3) is 5.88. The lowest BCUT2D eigenvalue weighted by Crippen LogP contribution is -2.14. The zero-order chi connectivity index (χ0) is 23.4. The number of benzene rings is 2. The van der Waals surface area contributed by atoms with Gasteiger partial charge in [-0.2, -0.15) is 0 Å². The quantitative estimate of drug-likeness (QED) is 0.335. The third-order valence-corrected chi connectivity index (χ3v) is 7.43. The third-order valence-electron chi connectivity index (χ3n) is 6.23. The van der Waals surface area contributed by atoms with Crippen LogP contribution < -0.4 is 0 Å². The minimum absolute atomic E-state index is 0.253. The predicted molar refractivity (Wildman–Crippen MR) is 135 cm³/mol. The fraction of sp³-hybridized carbons (Fsp3) is 0.370. The van der Waals surface area contributed by atoms with Gasteiger partial charge in [0.2, 0.25) is 0 Å². The highest BCUT2D eigenvalue weighted by Gasteiger charge is 2.20. The number of aromatic carboxylic acids is 1. The van der Waals surface area contributed by atoms with Crippen molar-refractivity contribution < 1.29 is 9.90 Å². The van der Waals surface area contributed by atoms with Gasteiger partial charge in [0.05, 0.1) is 22.3 Å². The van der Waals surface area contributed by atoms with Gasteiger partial charge < -0.3 is 10.1 Å². The van der Waals surface area contributed by atoms with Crippen molar-refractivity contribution >= 4 is 28.3 Å². The topological polar surface area (TPSA) is 78.9 Å². The molecule has 1 fully saturated rings. The summed E-state index contributed by atoms with van der Waals surface area (Å²) >= 11 is 1.66. The van der Waals surface area contributed by atoms with Gasteiger partial charge in [-0.15, -0.1) is 11.3 Å². The van der Waals surface area contributed by atoms with Gasteiger partial charge in [-0.3, -0.25) is 0 Å². The number of hydrogen-bond acceptors (Lipinski definition) is 4. The Bertz CT molecular complexity index is 1230. The van der Waals surface area contributed by atoms with Crippen molar-refractivity contribution in [3.63, 3.8) is 0 Å². The first-order valence-electron chi connectivity index (χ1n) is 11.5. The molecule has 0 radical (unpaired) electrons. The molecule has 0 atom stereocenters. The highest BCUT2D eigenvalue weighted by molar-refractivity contribution is 7.15. The molecule has 5 rings (SSSR count). The molecule has 4 aromatic rings. The van der Waals surface area contributed by atoms with Crippen LogP contribution in [0.1, 0.15) is 72.7 Å². The van der Waals surface area contributed by atoms with E-state index >= 15 is 0 Å². The molecule has 0 bridgehead atoms. The Kier molecular flexibility index (Phi) is 6.94. The average Bonchev–Trinajstić information content (AvgIpc) is 3.37. The maximum atomic E-state index is 11.1. The summed E-state index contributed by atoms with van der Waals surface area (Å²) in [5.74, 6) is -0.132. The molecule has 33 heavy (non-hydrogen) atoms. The van der Waals surface area contributed by atoms with Crippen LogP contribution in [0.25, 0.3) is 21.6 Å². The molecule has 172 valence electrons. The number of aryl methyl sites for hydroxylation is 1. The van der Waals surface area contributed by atoms with E-state index in [2.05, 4.69) is 40.9 Å². The largest absolute Gasteiger partial charge is 0.478 e. The Labute approximate surface area is 198 Å². The van der Waals surface area contributed by atoms with Crippen LogP contribution in [0.5, 0.6) is 0 Å². The van der Waals surface area contributed by atoms with Crippen LogP contribution in [0.4, 0.5) is 0 Å². The number of fused-ring (bicyclic) bond motifs is 1. The Morgan fingerprint density at radius 2 is 1.79 bits per heavy atom. The molecule has 2 aromatic carbocycles. The molecule has 2 heterocycles. The van der Waals surface area contributed by atoms with Gasteiger partial charge in [-0.1, -0.05) is 63.4 Å². The molecule has 1 saturated carbocycles. The number of thiazole rings is 1. The van der Waals surface area contributed by atoms with E-state index in [1.807, 2.05) is 25.1 Å². The monoisotopic (exact) mass is 461 g/mol. The van der Waals surface area contributed by atoms with Crippen molar-refractivity contribution in [2.75, 3.05) is 0 Å². The summed E-state index contributed by atoms with van der Waals surface area (Å²) in [5.41, 5.74) is 4.54. The number of aromatic amines is 1. The van der Waals surface area contributed by atoms with Crippen molar-refractivity contribution in [3.05, 3.63) is 70.5 Å². The predicted octanol–water partition coefficient (Wildman–Crippen LogP) is 7.26. The highest BCUT2D eigenvalue weighted by Crippen LogP contribution is 2.34. The molecule has 0 spiro atoms. The molecule has 6 heteroatoms. The summed E-state index contributed by atoms with van der Waals surface area (Å²) in [5, 5.41) is 10.1. The van der Waals surface area contributed by atoms with Crippen molar-refractivity contribution in [2.24, 2.45) is 5.41 Å². The van der Waals surface area contributed by atoms with E-state index < -0.39 is 5.97 Å². The average molecular weight is 462 g/mol. The van der Waals surface area contributed by atoms with Crippen molar-refractivity contribution in [3.8, 4) is 10.6 Å². The smallest absolute Gasteiger partial charge is 0.335 e. The summed E-state index contributed by atoms with van der Waals surface area (Å²) in [6.07, 6.45) is 7.96. The molecule has 2 N–H and O–H groups in total. The van der Waals surface area contributed by atoms with E-state index in [0.717, 1.165) is 38.0 Å². The Balaban J connectivity index is 0.000000275. The first-order chi connectivity index (χ1) is 15.8. The van der Waals surface area contributed by atoms with E-state index in [-0.39, 0.29) is 5.56 Å². The van der Waals surface area contributed by atoms with Gasteiger partial charge in [-0.25, -0.2) is 14.8 Å². The second kappa shape index (κ2) is 9.87.